The quantitative estimate of drug-likeness (QED) is 0.193. The first-order valence-corrected chi connectivity index (χ1v) is 12.6. The first kappa shape index (κ1) is 24.2. The van der Waals surface area contributed by atoms with E-state index in [4.69, 9.17) is 0 Å². The molecule has 2 aromatic carbocycles. The minimum Gasteiger partial charge on any atom is -0.350 e. The minimum atomic E-state index is -0.262. The first-order chi connectivity index (χ1) is 16.3. The molecule has 1 aliphatic rings. The van der Waals surface area contributed by atoms with Crippen molar-refractivity contribution in [2.24, 2.45) is 10.5 Å². The lowest BCUT2D eigenvalue weighted by Gasteiger charge is -2.34. The van der Waals surface area contributed by atoms with Gasteiger partial charge in [-0.05, 0) is 74.3 Å². The van der Waals surface area contributed by atoms with E-state index in [1.54, 1.807) is 6.21 Å². The summed E-state index contributed by atoms with van der Waals surface area (Å²) < 4.78 is 0.966. The highest BCUT2D eigenvalue weighted by Crippen LogP contribution is 2.42. The van der Waals surface area contributed by atoms with Gasteiger partial charge in [-0.2, -0.15) is 5.10 Å². The molecule has 176 valence electrons. The van der Waals surface area contributed by atoms with Crippen molar-refractivity contribution in [1.29, 1.82) is 0 Å². The Balaban J connectivity index is 1.53. The molecule has 0 radical (unpaired) electrons. The van der Waals surface area contributed by atoms with Crippen LogP contribution in [0.5, 0.6) is 0 Å². The van der Waals surface area contributed by atoms with Gasteiger partial charge in [0.25, 0.3) is 5.91 Å². The number of hydrogen-bond donors (Lipinski definition) is 2. The Morgan fingerprint density at radius 3 is 2.71 bits per heavy atom. The Morgan fingerprint density at radius 2 is 1.97 bits per heavy atom. The summed E-state index contributed by atoms with van der Waals surface area (Å²) in [6.45, 7) is 8.96. The zero-order valence-electron chi connectivity index (χ0n) is 20.3. The molecular formula is C29H32BrN3O. The van der Waals surface area contributed by atoms with Crippen molar-refractivity contribution in [3.05, 3.63) is 81.5 Å². The van der Waals surface area contributed by atoms with E-state index < -0.39 is 0 Å². The predicted octanol–water partition coefficient (Wildman–Crippen LogP) is 8.18. The molecule has 0 fully saturated rings. The first-order valence-electron chi connectivity index (χ1n) is 11.8. The number of nitrogens with one attached hydrogen (secondary N) is 2. The number of carbonyl (C=O) groups excluding carboxylic acids is 1. The van der Waals surface area contributed by atoms with E-state index in [0.717, 1.165) is 38.5 Å². The van der Waals surface area contributed by atoms with Gasteiger partial charge < -0.3 is 4.98 Å². The maximum atomic E-state index is 13.1. The van der Waals surface area contributed by atoms with Crippen molar-refractivity contribution in [3.63, 3.8) is 0 Å². The zero-order chi connectivity index (χ0) is 24.3. The van der Waals surface area contributed by atoms with Crippen LogP contribution in [0.3, 0.4) is 0 Å². The van der Waals surface area contributed by atoms with Crippen LogP contribution in [0.15, 0.2) is 80.9 Å². The molecule has 1 amide bonds. The Bertz CT molecular complexity index is 1300. The Hall–Kier alpha value is -2.92. The molecule has 1 heterocycles. The number of amides is 1. The standard InChI is InChI=1S/C29H32BrN3O/c1-19(12-14-24-20(2)9-8-16-29(24,3)4)18-31-33-28(34)27-26(21-10-6-5-7-11-21)23-17-22(30)13-15-25(23)32-27/h5-7,10-13,15,17-18,32H,8-9,14,16H2,1-4H3,(H,33,34)/b19-12-,31-18-. The summed E-state index contributed by atoms with van der Waals surface area (Å²) in [7, 11) is 0. The van der Waals surface area contributed by atoms with Crippen LogP contribution in [-0.4, -0.2) is 17.1 Å². The van der Waals surface area contributed by atoms with Gasteiger partial charge in [-0.15, -0.1) is 0 Å². The molecule has 0 spiro atoms. The summed E-state index contributed by atoms with van der Waals surface area (Å²) in [5.74, 6) is -0.262. The Morgan fingerprint density at radius 1 is 1.21 bits per heavy atom. The Labute approximate surface area is 210 Å². The van der Waals surface area contributed by atoms with Crippen molar-refractivity contribution in [1.82, 2.24) is 10.4 Å². The number of hydrazone groups is 1. The second kappa shape index (κ2) is 10.1. The molecule has 1 aliphatic carbocycles. The maximum Gasteiger partial charge on any atom is 0.288 e. The summed E-state index contributed by atoms with van der Waals surface area (Å²) in [4.78, 5) is 16.4. The molecule has 0 aliphatic heterocycles. The molecule has 3 aromatic rings. The molecule has 2 N–H and O–H groups in total. The van der Waals surface area contributed by atoms with E-state index in [0.29, 0.717) is 5.69 Å². The highest BCUT2D eigenvalue weighted by molar-refractivity contribution is 9.10. The molecule has 5 heteroatoms. The zero-order valence-corrected chi connectivity index (χ0v) is 21.9. The second-order valence-corrected chi connectivity index (χ2v) is 10.7. The molecule has 4 nitrogen and oxygen atoms in total. The second-order valence-electron chi connectivity index (χ2n) is 9.78. The topological polar surface area (TPSA) is 57.2 Å². The normalized spacial score (nSPS) is 16.4. The number of rotatable bonds is 6. The maximum absolute atomic E-state index is 13.1. The summed E-state index contributed by atoms with van der Waals surface area (Å²) in [5, 5.41) is 5.24. The van der Waals surface area contributed by atoms with Crippen LogP contribution in [0.2, 0.25) is 0 Å². The van der Waals surface area contributed by atoms with Crippen LogP contribution in [0.25, 0.3) is 22.0 Å². The molecule has 0 bridgehead atoms. The highest BCUT2D eigenvalue weighted by atomic mass is 79.9. The number of carbonyl (C=O) groups is 1. The van der Waals surface area contributed by atoms with E-state index >= 15 is 0 Å². The molecule has 34 heavy (non-hydrogen) atoms. The number of aromatic amines is 1. The average Bonchev–Trinajstić information content (AvgIpc) is 3.17. The lowest BCUT2D eigenvalue weighted by atomic mass is 9.71. The van der Waals surface area contributed by atoms with Crippen LogP contribution in [-0.2, 0) is 0 Å². The van der Waals surface area contributed by atoms with Crippen LogP contribution in [0, 0.1) is 5.41 Å². The number of halogens is 1. The summed E-state index contributed by atoms with van der Waals surface area (Å²) in [6.07, 6.45) is 8.57. The molecule has 4 rings (SSSR count). The molecule has 1 aromatic heterocycles. The van der Waals surface area contributed by atoms with Gasteiger partial charge in [-0.25, -0.2) is 5.43 Å². The van der Waals surface area contributed by atoms with Crippen LogP contribution in [0.4, 0.5) is 0 Å². The van der Waals surface area contributed by atoms with E-state index in [9.17, 15) is 4.79 Å². The van der Waals surface area contributed by atoms with E-state index in [-0.39, 0.29) is 11.3 Å². The van der Waals surface area contributed by atoms with Gasteiger partial charge in [-0.1, -0.05) is 77.3 Å². The molecular weight excluding hydrogens is 486 g/mol. The Kier molecular flexibility index (Phi) is 7.22. The van der Waals surface area contributed by atoms with E-state index in [1.807, 2.05) is 55.5 Å². The van der Waals surface area contributed by atoms with Crippen LogP contribution >= 0.6 is 15.9 Å². The number of H-pyrrole nitrogens is 1. The monoisotopic (exact) mass is 517 g/mol. The third-order valence-electron chi connectivity index (χ3n) is 6.80. The SMILES string of the molecule is CC1=C(C/C=C(C)\C=N/NC(=O)c2[nH]c3ccc(Br)cc3c2-c2ccccc2)C(C)(C)CCC1. The summed E-state index contributed by atoms with van der Waals surface area (Å²) in [5.41, 5.74) is 10.3. The van der Waals surface area contributed by atoms with Gasteiger partial charge in [0, 0.05) is 27.2 Å². The summed E-state index contributed by atoms with van der Waals surface area (Å²) in [6, 6.07) is 15.9. The molecule has 0 unspecified atom stereocenters. The van der Waals surface area contributed by atoms with Crippen molar-refractivity contribution in [2.45, 2.75) is 53.4 Å². The van der Waals surface area contributed by atoms with Crippen molar-refractivity contribution < 1.29 is 4.79 Å². The van der Waals surface area contributed by atoms with E-state index in [1.165, 1.54) is 30.4 Å². The number of aromatic nitrogens is 1. The van der Waals surface area contributed by atoms with Crippen LogP contribution < -0.4 is 5.43 Å². The third-order valence-corrected chi connectivity index (χ3v) is 7.29. The highest BCUT2D eigenvalue weighted by Gasteiger charge is 2.27. The van der Waals surface area contributed by atoms with Crippen molar-refractivity contribution >= 4 is 39.0 Å². The van der Waals surface area contributed by atoms with Gasteiger partial charge in [0.2, 0.25) is 0 Å². The fourth-order valence-electron chi connectivity index (χ4n) is 4.93. The number of allylic oxidation sites excluding steroid dienone is 4. The average molecular weight is 518 g/mol. The van der Waals surface area contributed by atoms with Crippen molar-refractivity contribution in [3.8, 4) is 11.1 Å². The molecule has 0 saturated heterocycles. The fraction of sp³-hybridized carbons (Fsp3) is 0.310. The van der Waals surface area contributed by atoms with Gasteiger partial charge in [-0.3, -0.25) is 4.79 Å². The molecule has 0 saturated carbocycles. The van der Waals surface area contributed by atoms with Crippen LogP contribution in [0.1, 0.15) is 63.9 Å². The molecule has 0 atom stereocenters. The fourth-order valence-corrected chi connectivity index (χ4v) is 5.29. The minimum absolute atomic E-state index is 0.253. The lowest BCUT2D eigenvalue weighted by molar-refractivity contribution is 0.0951. The van der Waals surface area contributed by atoms with Gasteiger partial charge in [0.05, 0.1) is 0 Å². The van der Waals surface area contributed by atoms with E-state index in [2.05, 4.69) is 58.3 Å². The van der Waals surface area contributed by atoms with Gasteiger partial charge >= 0.3 is 0 Å². The summed E-state index contributed by atoms with van der Waals surface area (Å²) >= 11 is 3.55. The number of fused-ring (bicyclic) bond motifs is 1. The van der Waals surface area contributed by atoms with Gasteiger partial charge in [0.1, 0.15) is 5.69 Å². The smallest absolute Gasteiger partial charge is 0.288 e. The third kappa shape index (κ3) is 5.25. The largest absolute Gasteiger partial charge is 0.350 e. The number of nitrogens with zero attached hydrogens (tertiary/aromatic N) is 1. The van der Waals surface area contributed by atoms with Gasteiger partial charge in [0.15, 0.2) is 0 Å². The number of hydrogen-bond acceptors (Lipinski definition) is 2. The number of benzene rings is 2. The van der Waals surface area contributed by atoms with Crippen molar-refractivity contribution in [2.75, 3.05) is 0 Å². The predicted molar refractivity (Wildman–Crippen MR) is 146 cm³/mol. The lowest BCUT2D eigenvalue weighted by Crippen LogP contribution is -2.20.